The molecule has 2 unspecified atom stereocenters. The number of aromatic nitrogens is 4. The predicted octanol–water partition coefficient (Wildman–Crippen LogP) is 6.60. The summed E-state index contributed by atoms with van der Waals surface area (Å²) in [4.78, 5) is 25.8. The SMILES string of the molecule is CC(C)(C)c1nc(-c2ccnc(Nc3ccccc3)n2)c(-c2cccc(C(F)(F)F)c2)n1C=CC1CC(O)CC(=O)O1. The maximum Gasteiger partial charge on any atom is 0.416 e. The minimum Gasteiger partial charge on any atom is -0.458 e. The number of nitrogens with one attached hydrogen (secondary N) is 1. The van der Waals surface area contributed by atoms with Crippen molar-refractivity contribution in [3.05, 3.63) is 84.3 Å². The summed E-state index contributed by atoms with van der Waals surface area (Å²) >= 11 is 0. The van der Waals surface area contributed by atoms with Crippen LogP contribution in [0.3, 0.4) is 0 Å². The smallest absolute Gasteiger partial charge is 0.416 e. The number of carbonyl (C=O) groups is 1. The summed E-state index contributed by atoms with van der Waals surface area (Å²) in [5.41, 5.74) is 0.786. The van der Waals surface area contributed by atoms with Gasteiger partial charge in [-0.05, 0) is 36.4 Å². The summed E-state index contributed by atoms with van der Waals surface area (Å²) in [5.74, 6) is 0.308. The number of aliphatic hydroxyl groups excluding tert-OH is 1. The highest BCUT2D eigenvalue weighted by Gasteiger charge is 2.33. The van der Waals surface area contributed by atoms with Crippen molar-refractivity contribution in [2.45, 2.75) is 57.4 Å². The molecule has 0 bridgehead atoms. The van der Waals surface area contributed by atoms with Gasteiger partial charge in [0, 0.05) is 35.5 Å². The maximum absolute atomic E-state index is 13.8. The average Bonchev–Trinajstić information content (AvgIpc) is 3.32. The Morgan fingerprint density at radius 3 is 2.50 bits per heavy atom. The van der Waals surface area contributed by atoms with Crippen LogP contribution in [0.5, 0.6) is 0 Å². The van der Waals surface area contributed by atoms with Crippen LogP contribution in [0.15, 0.2) is 72.9 Å². The van der Waals surface area contributed by atoms with Crippen molar-refractivity contribution in [1.82, 2.24) is 19.5 Å². The third-order valence-electron chi connectivity index (χ3n) is 6.61. The van der Waals surface area contributed by atoms with Crippen LogP contribution in [0.4, 0.5) is 24.8 Å². The van der Waals surface area contributed by atoms with Crippen LogP contribution < -0.4 is 5.32 Å². The summed E-state index contributed by atoms with van der Waals surface area (Å²) in [6.45, 7) is 5.81. The molecule has 1 aliphatic rings. The molecule has 0 aliphatic carbocycles. The molecule has 2 aromatic carbocycles. The molecule has 5 rings (SSSR count). The zero-order valence-corrected chi connectivity index (χ0v) is 23.3. The molecule has 0 saturated carbocycles. The van der Waals surface area contributed by atoms with Gasteiger partial charge < -0.3 is 19.7 Å². The molecule has 42 heavy (non-hydrogen) atoms. The van der Waals surface area contributed by atoms with E-state index in [9.17, 15) is 23.1 Å². The number of cyclic esters (lactones) is 1. The minimum atomic E-state index is -4.56. The number of imidazole rings is 1. The van der Waals surface area contributed by atoms with Gasteiger partial charge >= 0.3 is 12.1 Å². The Hall–Kier alpha value is -4.51. The highest BCUT2D eigenvalue weighted by Crippen LogP contribution is 2.39. The molecule has 2 aromatic heterocycles. The van der Waals surface area contributed by atoms with E-state index in [0.29, 0.717) is 28.9 Å². The van der Waals surface area contributed by atoms with Crippen molar-refractivity contribution in [2.24, 2.45) is 0 Å². The van der Waals surface area contributed by atoms with Gasteiger partial charge in [0.1, 0.15) is 17.6 Å². The lowest BCUT2D eigenvalue weighted by molar-refractivity contribution is -0.156. The number of halogens is 3. The third-order valence-corrected chi connectivity index (χ3v) is 6.61. The minimum absolute atomic E-state index is 0.0879. The number of para-hydroxylation sites is 1. The second-order valence-electron chi connectivity index (χ2n) is 11.1. The van der Waals surface area contributed by atoms with Crippen molar-refractivity contribution >= 4 is 23.8 Å². The number of ether oxygens (including phenoxy) is 1. The maximum atomic E-state index is 13.8. The van der Waals surface area contributed by atoms with Crippen molar-refractivity contribution in [2.75, 3.05) is 5.32 Å². The van der Waals surface area contributed by atoms with E-state index in [1.807, 2.05) is 51.1 Å². The van der Waals surface area contributed by atoms with E-state index >= 15 is 0 Å². The monoisotopic (exact) mass is 577 g/mol. The summed E-state index contributed by atoms with van der Waals surface area (Å²) < 4.78 is 48.4. The number of anilines is 2. The van der Waals surface area contributed by atoms with Gasteiger partial charge in [-0.1, -0.05) is 51.1 Å². The van der Waals surface area contributed by atoms with Crippen LogP contribution in [0.25, 0.3) is 28.8 Å². The van der Waals surface area contributed by atoms with E-state index < -0.39 is 35.3 Å². The van der Waals surface area contributed by atoms with Gasteiger partial charge in [-0.25, -0.2) is 15.0 Å². The number of nitrogens with zero attached hydrogens (tertiary/aromatic N) is 4. The zero-order chi connectivity index (χ0) is 30.1. The molecule has 2 atom stereocenters. The lowest BCUT2D eigenvalue weighted by Crippen LogP contribution is -2.31. The number of hydrogen-bond acceptors (Lipinski definition) is 7. The van der Waals surface area contributed by atoms with Crippen LogP contribution >= 0.6 is 0 Å². The molecular formula is C31H30F3N5O3. The topological polar surface area (TPSA) is 102 Å². The molecule has 1 saturated heterocycles. The molecule has 218 valence electrons. The van der Waals surface area contributed by atoms with E-state index in [4.69, 9.17) is 9.72 Å². The molecule has 1 aliphatic heterocycles. The van der Waals surface area contributed by atoms with Crippen molar-refractivity contribution in [3.63, 3.8) is 0 Å². The van der Waals surface area contributed by atoms with Crippen molar-refractivity contribution in [3.8, 4) is 22.6 Å². The Morgan fingerprint density at radius 1 is 1.05 bits per heavy atom. The Labute approximate surface area is 240 Å². The zero-order valence-electron chi connectivity index (χ0n) is 23.3. The number of hydrogen-bond donors (Lipinski definition) is 2. The van der Waals surface area contributed by atoms with Gasteiger partial charge in [-0.3, -0.25) is 4.79 Å². The van der Waals surface area contributed by atoms with Gasteiger partial charge in [0.25, 0.3) is 0 Å². The van der Waals surface area contributed by atoms with Crippen molar-refractivity contribution in [1.29, 1.82) is 0 Å². The number of alkyl halides is 3. The van der Waals surface area contributed by atoms with Gasteiger partial charge in [-0.15, -0.1) is 0 Å². The van der Waals surface area contributed by atoms with E-state index in [0.717, 1.165) is 17.8 Å². The Kier molecular flexibility index (Phi) is 7.87. The van der Waals surface area contributed by atoms with Crippen LogP contribution in [-0.4, -0.2) is 42.8 Å². The van der Waals surface area contributed by atoms with Crippen molar-refractivity contribution < 1.29 is 27.8 Å². The molecule has 0 radical (unpaired) electrons. The normalized spacial score (nSPS) is 17.8. The third kappa shape index (κ3) is 6.52. The number of carbonyl (C=O) groups excluding carboxylic acids is 1. The molecular weight excluding hydrogens is 547 g/mol. The average molecular weight is 578 g/mol. The van der Waals surface area contributed by atoms with Gasteiger partial charge in [0.2, 0.25) is 5.95 Å². The molecule has 0 amide bonds. The first-order chi connectivity index (χ1) is 19.9. The van der Waals surface area contributed by atoms with Gasteiger partial charge in [0.05, 0.1) is 29.5 Å². The lowest BCUT2D eigenvalue weighted by Gasteiger charge is -2.24. The molecule has 4 aromatic rings. The summed E-state index contributed by atoms with van der Waals surface area (Å²) in [5, 5.41) is 13.2. The van der Waals surface area contributed by atoms with E-state index in [-0.39, 0.29) is 18.4 Å². The summed E-state index contributed by atoms with van der Waals surface area (Å²) in [7, 11) is 0. The fourth-order valence-electron chi connectivity index (χ4n) is 4.71. The summed E-state index contributed by atoms with van der Waals surface area (Å²) in [6.07, 6.45) is -1.21. The van der Waals surface area contributed by atoms with Crippen LogP contribution in [0.2, 0.25) is 0 Å². The molecule has 1 fully saturated rings. The number of esters is 1. The fourth-order valence-corrected chi connectivity index (χ4v) is 4.71. The molecule has 3 heterocycles. The van der Waals surface area contributed by atoms with E-state index in [1.54, 1.807) is 35.2 Å². The summed E-state index contributed by atoms with van der Waals surface area (Å²) in [6, 6.07) is 16.0. The largest absolute Gasteiger partial charge is 0.458 e. The highest BCUT2D eigenvalue weighted by atomic mass is 19.4. The Bertz CT molecular complexity index is 1610. The Morgan fingerprint density at radius 2 is 1.81 bits per heavy atom. The predicted molar refractivity (Wildman–Crippen MR) is 153 cm³/mol. The van der Waals surface area contributed by atoms with E-state index in [1.165, 1.54) is 6.07 Å². The first kappa shape index (κ1) is 29.0. The quantitative estimate of drug-likeness (QED) is 0.249. The second-order valence-corrected chi connectivity index (χ2v) is 11.1. The van der Waals surface area contributed by atoms with Crippen LogP contribution in [0, 0.1) is 0 Å². The second kappa shape index (κ2) is 11.4. The van der Waals surface area contributed by atoms with Gasteiger partial charge in [-0.2, -0.15) is 13.2 Å². The van der Waals surface area contributed by atoms with Crippen LogP contribution in [-0.2, 0) is 21.1 Å². The first-order valence-electron chi connectivity index (χ1n) is 13.4. The number of aliphatic hydroxyl groups is 1. The molecule has 11 heteroatoms. The number of benzene rings is 2. The highest BCUT2D eigenvalue weighted by molar-refractivity contribution is 5.80. The van der Waals surface area contributed by atoms with Gasteiger partial charge in [0.15, 0.2) is 0 Å². The Balaban J connectivity index is 1.69. The number of rotatable bonds is 6. The molecule has 0 spiro atoms. The fraction of sp³-hybridized carbons (Fsp3) is 0.290. The first-order valence-corrected chi connectivity index (χ1v) is 13.4. The standard InChI is InChI=1S/C31H30F3N5O3/c1-30(2,3)28-38-26(24-12-14-35-29(37-24)36-21-10-5-4-6-11-21)27(19-8-7-9-20(16-19)31(32,33)34)39(28)15-13-23-17-22(40)18-25(41)42-23/h4-16,22-23,40H,17-18H2,1-3H3,(H,35,36,37). The van der Waals surface area contributed by atoms with E-state index in [2.05, 4.69) is 15.3 Å². The molecule has 8 nitrogen and oxygen atoms in total. The molecule has 2 N–H and O–H groups in total. The lowest BCUT2D eigenvalue weighted by atomic mass is 9.95. The van der Waals surface area contributed by atoms with Crippen LogP contribution in [0.1, 0.15) is 45.0 Å².